The van der Waals surface area contributed by atoms with Gasteiger partial charge in [-0.2, -0.15) is 0 Å². The molecule has 2 heterocycles. The quantitative estimate of drug-likeness (QED) is 0.879. The highest BCUT2D eigenvalue weighted by Gasteiger charge is 2.07. The van der Waals surface area contributed by atoms with Crippen molar-refractivity contribution < 1.29 is 0 Å². The van der Waals surface area contributed by atoms with Crippen molar-refractivity contribution in [2.24, 2.45) is 0 Å². The molecule has 0 saturated carbocycles. The number of aryl methyl sites for hydroxylation is 3. The lowest BCUT2D eigenvalue weighted by Gasteiger charge is -2.17. The number of rotatable bonds is 6. The molecule has 1 atom stereocenters. The van der Waals surface area contributed by atoms with Gasteiger partial charge in [0.05, 0.1) is 0 Å². The number of aromatic nitrogens is 3. The molecule has 0 aliphatic rings. The molecule has 0 amide bonds. The first-order chi connectivity index (χ1) is 9.60. The maximum atomic E-state index is 4.37. The molecule has 1 N–H and O–H groups in total. The second kappa shape index (κ2) is 6.66. The first-order valence-electron chi connectivity index (χ1n) is 7.25. The van der Waals surface area contributed by atoms with Crippen LogP contribution in [0.5, 0.6) is 0 Å². The topological polar surface area (TPSA) is 42.7 Å². The monoisotopic (exact) mass is 272 g/mol. The van der Waals surface area contributed by atoms with Crippen LogP contribution in [0.25, 0.3) is 0 Å². The predicted octanol–water partition coefficient (Wildman–Crippen LogP) is 2.64. The van der Waals surface area contributed by atoms with Crippen molar-refractivity contribution in [1.29, 1.82) is 0 Å². The van der Waals surface area contributed by atoms with Crippen molar-refractivity contribution in [2.45, 2.75) is 53.2 Å². The van der Waals surface area contributed by atoms with Gasteiger partial charge in [0.15, 0.2) is 0 Å². The third kappa shape index (κ3) is 3.67. The summed E-state index contributed by atoms with van der Waals surface area (Å²) in [4.78, 5) is 8.72. The van der Waals surface area contributed by atoms with E-state index in [-0.39, 0.29) is 0 Å². The van der Waals surface area contributed by atoms with Crippen LogP contribution in [0.15, 0.2) is 24.7 Å². The van der Waals surface area contributed by atoms with Crippen LogP contribution in [0, 0.1) is 13.8 Å². The summed E-state index contributed by atoms with van der Waals surface area (Å²) in [5.41, 5.74) is 3.64. The highest BCUT2D eigenvalue weighted by atomic mass is 15.1. The predicted molar refractivity (Wildman–Crippen MR) is 81.6 cm³/mol. The molecule has 4 nitrogen and oxygen atoms in total. The Morgan fingerprint density at radius 3 is 2.80 bits per heavy atom. The molecule has 2 aromatic heterocycles. The van der Waals surface area contributed by atoms with Crippen LogP contribution in [0.4, 0.5) is 0 Å². The van der Waals surface area contributed by atoms with E-state index in [9.17, 15) is 0 Å². The largest absolute Gasteiger partial charge is 0.333 e. The minimum absolute atomic E-state index is 0.398. The van der Waals surface area contributed by atoms with E-state index in [0.29, 0.717) is 6.04 Å². The molecule has 0 bridgehead atoms. The summed E-state index contributed by atoms with van der Waals surface area (Å²) in [5.74, 6) is 1.15. The lowest BCUT2D eigenvalue weighted by atomic mass is 10.1. The van der Waals surface area contributed by atoms with Gasteiger partial charge in [-0.1, -0.05) is 6.92 Å². The molecule has 2 rings (SSSR count). The minimum atomic E-state index is 0.398. The Labute approximate surface area is 121 Å². The summed E-state index contributed by atoms with van der Waals surface area (Å²) >= 11 is 0. The molecule has 0 fully saturated rings. The van der Waals surface area contributed by atoms with Crippen LogP contribution in [0.2, 0.25) is 0 Å². The number of pyridine rings is 1. The van der Waals surface area contributed by atoms with Crippen LogP contribution in [-0.2, 0) is 19.5 Å². The molecule has 0 spiro atoms. The summed E-state index contributed by atoms with van der Waals surface area (Å²) in [5, 5.41) is 3.56. The van der Waals surface area contributed by atoms with Gasteiger partial charge < -0.3 is 9.88 Å². The first kappa shape index (κ1) is 14.7. The smallest absolute Gasteiger partial charge is 0.108 e. The molecule has 0 aromatic carbocycles. The fraction of sp³-hybridized carbons (Fsp3) is 0.500. The van der Waals surface area contributed by atoms with Crippen molar-refractivity contribution in [3.63, 3.8) is 0 Å². The van der Waals surface area contributed by atoms with Crippen LogP contribution in [-0.4, -0.2) is 20.6 Å². The molecule has 0 saturated heterocycles. The summed E-state index contributed by atoms with van der Waals surface area (Å²) in [6, 6.07) is 2.53. The summed E-state index contributed by atoms with van der Waals surface area (Å²) in [6.45, 7) is 10.3. The van der Waals surface area contributed by atoms with Gasteiger partial charge in [0.25, 0.3) is 0 Å². The third-order valence-corrected chi connectivity index (χ3v) is 3.59. The van der Waals surface area contributed by atoms with Crippen molar-refractivity contribution in [3.05, 3.63) is 47.3 Å². The van der Waals surface area contributed by atoms with Gasteiger partial charge in [0.1, 0.15) is 5.82 Å². The highest BCUT2D eigenvalue weighted by Crippen LogP contribution is 2.08. The van der Waals surface area contributed by atoms with Gasteiger partial charge in [-0.05, 0) is 38.0 Å². The van der Waals surface area contributed by atoms with Crippen LogP contribution in [0.1, 0.15) is 36.5 Å². The number of imidazole rings is 1. The summed E-state index contributed by atoms with van der Waals surface area (Å²) in [7, 11) is 0. The van der Waals surface area contributed by atoms with Crippen molar-refractivity contribution >= 4 is 0 Å². The van der Waals surface area contributed by atoms with Gasteiger partial charge in [-0.15, -0.1) is 0 Å². The molecule has 2 aromatic rings. The molecule has 1 unspecified atom stereocenters. The van der Waals surface area contributed by atoms with Gasteiger partial charge in [-0.25, -0.2) is 4.98 Å². The normalized spacial score (nSPS) is 12.6. The molecule has 0 aliphatic heterocycles. The zero-order chi connectivity index (χ0) is 14.5. The van der Waals surface area contributed by atoms with Crippen molar-refractivity contribution in [2.75, 3.05) is 0 Å². The second-order valence-electron chi connectivity index (χ2n) is 5.38. The van der Waals surface area contributed by atoms with Gasteiger partial charge >= 0.3 is 0 Å². The van der Waals surface area contributed by atoms with Crippen LogP contribution in [0.3, 0.4) is 0 Å². The standard InChI is InChI=1S/C16H24N4/c1-5-16-17-6-7-20(16)11-14(4)19-10-15-9-18-13(3)8-12(15)2/h6-9,14,19H,5,10-11H2,1-4H3. The SMILES string of the molecule is CCc1nccn1CC(C)NCc1cnc(C)cc1C. The Morgan fingerprint density at radius 2 is 2.10 bits per heavy atom. The highest BCUT2D eigenvalue weighted by molar-refractivity contribution is 5.24. The Bertz CT molecular complexity index is 559. The fourth-order valence-corrected chi connectivity index (χ4v) is 2.37. The van der Waals surface area contributed by atoms with E-state index in [1.54, 1.807) is 0 Å². The van der Waals surface area contributed by atoms with Crippen molar-refractivity contribution in [1.82, 2.24) is 19.9 Å². The molecule has 4 heteroatoms. The van der Waals surface area contributed by atoms with E-state index in [2.05, 4.69) is 52.9 Å². The van der Waals surface area contributed by atoms with Gasteiger partial charge in [-0.3, -0.25) is 4.98 Å². The zero-order valence-corrected chi connectivity index (χ0v) is 12.8. The Kier molecular flexibility index (Phi) is 4.90. The lowest BCUT2D eigenvalue weighted by Crippen LogP contribution is -2.30. The van der Waals surface area contributed by atoms with Crippen LogP contribution < -0.4 is 5.32 Å². The zero-order valence-electron chi connectivity index (χ0n) is 12.8. The summed E-state index contributed by atoms with van der Waals surface area (Å²) in [6.07, 6.45) is 6.87. The minimum Gasteiger partial charge on any atom is -0.333 e. The Morgan fingerprint density at radius 1 is 1.30 bits per heavy atom. The number of nitrogens with zero attached hydrogens (tertiary/aromatic N) is 3. The molecule has 20 heavy (non-hydrogen) atoms. The molecular weight excluding hydrogens is 248 g/mol. The molecule has 0 radical (unpaired) electrons. The number of nitrogens with one attached hydrogen (secondary N) is 1. The van der Waals surface area contributed by atoms with Crippen molar-refractivity contribution in [3.8, 4) is 0 Å². The Balaban J connectivity index is 1.90. The van der Waals surface area contributed by atoms with Crippen LogP contribution >= 0.6 is 0 Å². The maximum absolute atomic E-state index is 4.37. The first-order valence-corrected chi connectivity index (χ1v) is 7.25. The molecular formula is C16H24N4. The number of hydrogen-bond acceptors (Lipinski definition) is 3. The van der Waals surface area contributed by atoms with E-state index in [0.717, 1.165) is 31.0 Å². The van der Waals surface area contributed by atoms with E-state index >= 15 is 0 Å². The van der Waals surface area contributed by atoms with E-state index < -0.39 is 0 Å². The molecule has 108 valence electrons. The van der Waals surface area contributed by atoms with E-state index in [4.69, 9.17) is 0 Å². The second-order valence-corrected chi connectivity index (χ2v) is 5.38. The molecule has 0 aliphatic carbocycles. The third-order valence-electron chi connectivity index (χ3n) is 3.59. The van der Waals surface area contributed by atoms with Gasteiger partial charge in [0.2, 0.25) is 0 Å². The lowest BCUT2D eigenvalue weighted by molar-refractivity contribution is 0.467. The van der Waals surface area contributed by atoms with E-state index in [1.807, 2.05) is 19.3 Å². The van der Waals surface area contributed by atoms with Gasteiger partial charge in [0, 0.05) is 49.8 Å². The Hall–Kier alpha value is -1.68. The fourth-order valence-electron chi connectivity index (χ4n) is 2.37. The maximum Gasteiger partial charge on any atom is 0.108 e. The average Bonchev–Trinajstić information content (AvgIpc) is 2.85. The number of hydrogen-bond donors (Lipinski definition) is 1. The van der Waals surface area contributed by atoms with E-state index in [1.165, 1.54) is 11.1 Å². The average molecular weight is 272 g/mol. The summed E-state index contributed by atoms with van der Waals surface area (Å²) < 4.78 is 2.22.